The lowest BCUT2D eigenvalue weighted by molar-refractivity contribution is 0.0526. The van der Waals surface area contributed by atoms with E-state index < -0.39 is 5.97 Å². The molecular formula is C9H8ClN3O2. The van der Waals surface area contributed by atoms with E-state index in [1.54, 1.807) is 6.92 Å². The minimum Gasteiger partial charge on any atom is -0.462 e. The van der Waals surface area contributed by atoms with Crippen molar-refractivity contribution in [2.75, 3.05) is 6.61 Å². The van der Waals surface area contributed by atoms with E-state index in [9.17, 15) is 4.79 Å². The normalized spacial score (nSPS) is 10.5. The van der Waals surface area contributed by atoms with Crippen molar-refractivity contribution in [1.82, 2.24) is 15.2 Å². The first-order chi connectivity index (χ1) is 7.24. The molecule has 0 spiro atoms. The zero-order chi connectivity index (χ0) is 10.8. The van der Waals surface area contributed by atoms with Gasteiger partial charge in [-0.3, -0.25) is 5.10 Å². The second kappa shape index (κ2) is 3.86. The van der Waals surface area contributed by atoms with Crippen LogP contribution in [0.3, 0.4) is 0 Å². The van der Waals surface area contributed by atoms with Crippen LogP contribution in [-0.4, -0.2) is 27.8 Å². The van der Waals surface area contributed by atoms with E-state index in [2.05, 4.69) is 15.2 Å². The molecule has 0 aliphatic heterocycles. The van der Waals surface area contributed by atoms with E-state index in [-0.39, 0.29) is 5.56 Å². The zero-order valence-corrected chi connectivity index (χ0v) is 8.71. The van der Waals surface area contributed by atoms with Gasteiger partial charge in [0.1, 0.15) is 0 Å². The molecule has 0 aliphatic rings. The maximum atomic E-state index is 11.5. The fraction of sp³-hybridized carbons (Fsp3) is 0.222. The molecule has 2 aromatic rings. The van der Waals surface area contributed by atoms with Gasteiger partial charge in [0.25, 0.3) is 0 Å². The highest BCUT2D eigenvalue weighted by atomic mass is 35.5. The number of aromatic nitrogens is 3. The molecule has 6 heteroatoms. The summed E-state index contributed by atoms with van der Waals surface area (Å²) in [5.74, 6) is -0.474. The molecule has 2 heterocycles. The molecule has 15 heavy (non-hydrogen) atoms. The summed E-state index contributed by atoms with van der Waals surface area (Å²) in [6.07, 6.45) is 2.90. The Labute approximate surface area is 90.4 Å². The molecule has 0 aromatic carbocycles. The number of nitrogens with one attached hydrogen (secondary N) is 1. The molecule has 0 aliphatic carbocycles. The molecular weight excluding hydrogens is 218 g/mol. The minimum atomic E-state index is -0.474. The van der Waals surface area contributed by atoms with Crippen LogP contribution in [0, 0.1) is 0 Å². The van der Waals surface area contributed by atoms with E-state index in [0.717, 1.165) is 0 Å². The van der Waals surface area contributed by atoms with Gasteiger partial charge in [0.15, 0.2) is 5.65 Å². The fourth-order valence-electron chi connectivity index (χ4n) is 1.22. The number of carbonyl (C=O) groups is 1. The molecule has 5 nitrogen and oxygen atoms in total. The molecule has 0 atom stereocenters. The van der Waals surface area contributed by atoms with E-state index >= 15 is 0 Å². The quantitative estimate of drug-likeness (QED) is 0.792. The Balaban J connectivity index is 2.52. The molecule has 78 valence electrons. The molecule has 1 N–H and O–H groups in total. The first-order valence-electron chi connectivity index (χ1n) is 4.38. The van der Waals surface area contributed by atoms with Crippen LogP contribution < -0.4 is 0 Å². The number of halogens is 1. The Morgan fingerprint density at radius 3 is 3.13 bits per heavy atom. The lowest BCUT2D eigenvalue weighted by Crippen LogP contribution is -2.06. The number of hydrogen-bond acceptors (Lipinski definition) is 4. The van der Waals surface area contributed by atoms with Gasteiger partial charge in [0.2, 0.25) is 0 Å². The third-order valence-electron chi connectivity index (χ3n) is 1.91. The molecule has 0 fully saturated rings. The van der Waals surface area contributed by atoms with Gasteiger partial charge in [-0.25, -0.2) is 9.78 Å². The highest BCUT2D eigenvalue weighted by Crippen LogP contribution is 2.24. The van der Waals surface area contributed by atoms with Crippen LogP contribution in [0.15, 0.2) is 12.4 Å². The summed E-state index contributed by atoms with van der Waals surface area (Å²) in [7, 11) is 0. The Bertz CT molecular complexity index is 509. The van der Waals surface area contributed by atoms with Crippen LogP contribution in [-0.2, 0) is 4.74 Å². The number of hydrogen-bond donors (Lipinski definition) is 1. The summed E-state index contributed by atoms with van der Waals surface area (Å²) in [5.41, 5.74) is 0.806. The average Bonchev–Trinajstić information content (AvgIpc) is 2.67. The summed E-state index contributed by atoms with van der Waals surface area (Å²) in [6.45, 7) is 2.04. The first-order valence-corrected chi connectivity index (χ1v) is 4.76. The predicted molar refractivity (Wildman–Crippen MR) is 54.9 cm³/mol. The van der Waals surface area contributed by atoms with Crippen molar-refractivity contribution in [1.29, 1.82) is 0 Å². The largest absolute Gasteiger partial charge is 0.462 e. The maximum absolute atomic E-state index is 11.5. The van der Waals surface area contributed by atoms with Crippen molar-refractivity contribution < 1.29 is 9.53 Å². The van der Waals surface area contributed by atoms with Crippen molar-refractivity contribution in [2.24, 2.45) is 0 Å². The summed E-state index contributed by atoms with van der Waals surface area (Å²) >= 11 is 6.01. The average molecular weight is 226 g/mol. The van der Waals surface area contributed by atoms with Crippen molar-refractivity contribution >= 4 is 28.6 Å². The number of ether oxygens (including phenoxy) is 1. The van der Waals surface area contributed by atoms with Gasteiger partial charge in [-0.05, 0) is 6.92 Å². The smallest absolute Gasteiger partial charge is 0.341 e. The van der Waals surface area contributed by atoms with E-state index in [1.165, 1.54) is 12.4 Å². The fourth-order valence-corrected chi connectivity index (χ4v) is 1.48. The molecule has 0 radical (unpaired) electrons. The molecule has 0 amide bonds. The van der Waals surface area contributed by atoms with Crippen LogP contribution in [0.2, 0.25) is 5.02 Å². The number of carbonyl (C=O) groups excluding carboxylic acids is 1. The number of fused-ring (bicyclic) bond motifs is 1. The Morgan fingerprint density at radius 1 is 1.60 bits per heavy atom. The molecule has 0 unspecified atom stereocenters. The number of aromatic amines is 1. The van der Waals surface area contributed by atoms with Gasteiger partial charge in [-0.15, -0.1) is 0 Å². The lowest BCUT2D eigenvalue weighted by atomic mass is 10.2. The molecule has 0 saturated heterocycles. The van der Waals surface area contributed by atoms with Crippen LogP contribution in [0.4, 0.5) is 0 Å². The SMILES string of the molecule is CCOC(=O)c1cnc2[nH]ncc2c1Cl. The van der Waals surface area contributed by atoms with E-state index in [0.29, 0.717) is 22.7 Å². The first kappa shape index (κ1) is 9.92. The lowest BCUT2D eigenvalue weighted by Gasteiger charge is -2.03. The highest BCUT2D eigenvalue weighted by Gasteiger charge is 2.15. The number of pyridine rings is 1. The van der Waals surface area contributed by atoms with Crippen LogP contribution in [0.25, 0.3) is 11.0 Å². The standard InChI is InChI=1S/C9H8ClN3O2/c1-2-15-9(14)6-3-11-8-5(7(6)10)4-12-13-8/h3-4H,2H2,1H3,(H,11,12,13). The van der Waals surface area contributed by atoms with Crippen LogP contribution >= 0.6 is 11.6 Å². The molecule has 2 aromatic heterocycles. The second-order valence-corrected chi connectivity index (χ2v) is 3.22. The van der Waals surface area contributed by atoms with Gasteiger partial charge in [-0.2, -0.15) is 5.10 Å². The molecule has 0 saturated carbocycles. The molecule has 2 rings (SSSR count). The highest BCUT2D eigenvalue weighted by molar-refractivity contribution is 6.38. The summed E-state index contributed by atoms with van der Waals surface area (Å²) in [5, 5.41) is 7.37. The van der Waals surface area contributed by atoms with Crippen molar-refractivity contribution in [2.45, 2.75) is 6.92 Å². The van der Waals surface area contributed by atoms with E-state index in [1.807, 2.05) is 0 Å². The van der Waals surface area contributed by atoms with Crippen LogP contribution in [0.5, 0.6) is 0 Å². The number of rotatable bonds is 2. The Morgan fingerprint density at radius 2 is 2.40 bits per heavy atom. The van der Waals surface area contributed by atoms with Gasteiger partial charge < -0.3 is 4.74 Å². The topological polar surface area (TPSA) is 67.9 Å². The second-order valence-electron chi connectivity index (χ2n) is 2.84. The predicted octanol–water partition coefficient (Wildman–Crippen LogP) is 1.79. The number of H-pyrrole nitrogens is 1. The third-order valence-corrected chi connectivity index (χ3v) is 2.32. The maximum Gasteiger partial charge on any atom is 0.341 e. The minimum absolute atomic E-state index is 0.257. The summed E-state index contributed by atoms with van der Waals surface area (Å²) < 4.78 is 4.84. The van der Waals surface area contributed by atoms with Crippen LogP contribution in [0.1, 0.15) is 17.3 Å². The van der Waals surface area contributed by atoms with Gasteiger partial charge in [0.05, 0.1) is 28.8 Å². The monoisotopic (exact) mass is 225 g/mol. The van der Waals surface area contributed by atoms with Crippen molar-refractivity contribution in [3.8, 4) is 0 Å². The van der Waals surface area contributed by atoms with Crippen molar-refractivity contribution in [3.63, 3.8) is 0 Å². The molecule has 0 bridgehead atoms. The summed E-state index contributed by atoms with van der Waals surface area (Å²) in [4.78, 5) is 15.5. The third kappa shape index (κ3) is 1.66. The van der Waals surface area contributed by atoms with Crippen molar-refractivity contribution in [3.05, 3.63) is 23.0 Å². The van der Waals surface area contributed by atoms with Gasteiger partial charge in [-0.1, -0.05) is 11.6 Å². The number of esters is 1. The number of nitrogens with zero attached hydrogens (tertiary/aromatic N) is 2. The van der Waals surface area contributed by atoms with E-state index in [4.69, 9.17) is 16.3 Å². The van der Waals surface area contributed by atoms with Gasteiger partial charge >= 0.3 is 5.97 Å². The summed E-state index contributed by atoms with van der Waals surface area (Å²) in [6, 6.07) is 0. The Kier molecular flexibility index (Phi) is 2.55. The Hall–Kier alpha value is -1.62. The zero-order valence-electron chi connectivity index (χ0n) is 7.95. The van der Waals surface area contributed by atoms with Gasteiger partial charge in [0, 0.05) is 6.20 Å².